The second-order valence-electron chi connectivity index (χ2n) is 5.35. The first-order valence-corrected chi connectivity index (χ1v) is 10.1. The van der Waals surface area contributed by atoms with Crippen LogP contribution in [0.5, 0.6) is 0 Å². The fraction of sp³-hybridized carbons (Fsp3) is 0.909. The normalized spacial score (nSPS) is 27.0. The molecule has 0 radical (unpaired) electrons. The van der Waals surface area contributed by atoms with Gasteiger partial charge in [-0.25, -0.2) is 16.8 Å². The summed E-state index contributed by atoms with van der Waals surface area (Å²) in [4.78, 5) is 11.0. The van der Waals surface area contributed by atoms with E-state index in [0.29, 0.717) is 26.1 Å². The predicted molar refractivity (Wildman–Crippen MR) is 74.2 cm³/mol. The fourth-order valence-electron chi connectivity index (χ4n) is 2.73. The largest absolute Gasteiger partial charge is 0.480 e. The van der Waals surface area contributed by atoms with Gasteiger partial charge in [-0.2, -0.15) is 4.31 Å². The first-order valence-electron chi connectivity index (χ1n) is 6.73. The number of hydrogen-bond acceptors (Lipinski definition) is 6. The molecule has 2 rings (SSSR count). The Kier molecular flexibility index (Phi) is 4.91. The topological polar surface area (TPSA) is 118 Å². The predicted octanol–water partition coefficient (Wildman–Crippen LogP) is -0.931. The van der Waals surface area contributed by atoms with E-state index >= 15 is 0 Å². The molecule has 2 fully saturated rings. The Morgan fingerprint density at radius 1 is 1.24 bits per heavy atom. The van der Waals surface area contributed by atoms with Crippen molar-refractivity contribution in [3.63, 3.8) is 0 Å². The van der Waals surface area contributed by atoms with Gasteiger partial charge in [0, 0.05) is 19.3 Å². The molecule has 0 amide bonds. The molecule has 21 heavy (non-hydrogen) atoms. The maximum atomic E-state index is 12.6. The Morgan fingerprint density at radius 3 is 2.33 bits per heavy atom. The van der Waals surface area contributed by atoms with E-state index in [2.05, 4.69) is 0 Å². The van der Waals surface area contributed by atoms with Crippen LogP contribution in [-0.4, -0.2) is 74.8 Å². The van der Waals surface area contributed by atoms with Crippen molar-refractivity contribution >= 4 is 25.8 Å². The number of ether oxygens (including phenoxy) is 1. The highest BCUT2D eigenvalue weighted by Crippen LogP contribution is 2.26. The van der Waals surface area contributed by atoms with Crippen LogP contribution in [0, 0.1) is 0 Å². The molecule has 1 N–H and O–H groups in total. The Bertz CT molecular complexity index is 592. The van der Waals surface area contributed by atoms with Crippen LogP contribution >= 0.6 is 0 Å². The van der Waals surface area contributed by atoms with E-state index in [9.17, 15) is 21.6 Å². The van der Waals surface area contributed by atoms with Crippen LogP contribution in [0.4, 0.5) is 0 Å². The molecule has 0 saturated carbocycles. The van der Waals surface area contributed by atoms with Crippen LogP contribution < -0.4 is 0 Å². The lowest BCUT2D eigenvalue weighted by atomic mass is 10.2. The Morgan fingerprint density at radius 2 is 1.86 bits per heavy atom. The minimum atomic E-state index is -3.84. The number of rotatable bonds is 5. The van der Waals surface area contributed by atoms with Crippen molar-refractivity contribution in [1.82, 2.24) is 4.31 Å². The number of aliphatic carboxylic acids is 1. The highest BCUT2D eigenvalue weighted by Gasteiger charge is 2.42. The molecule has 0 bridgehead atoms. The average molecular weight is 341 g/mol. The van der Waals surface area contributed by atoms with Crippen molar-refractivity contribution in [3.8, 4) is 0 Å². The summed E-state index contributed by atoms with van der Waals surface area (Å²) in [5.74, 6) is -1.69. The first kappa shape index (κ1) is 16.7. The fourth-order valence-corrected chi connectivity index (χ4v) is 6.61. The summed E-state index contributed by atoms with van der Waals surface area (Å²) in [5, 5.41) is 8.26. The molecule has 1 unspecified atom stereocenters. The zero-order chi connectivity index (χ0) is 15.7. The number of sulfonamides is 1. The van der Waals surface area contributed by atoms with E-state index in [1.807, 2.05) is 0 Å². The lowest BCUT2D eigenvalue weighted by molar-refractivity contribution is -0.137. The summed E-state index contributed by atoms with van der Waals surface area (Å²) < 4.78 is 54.3. The second kappa shape index (κ2) is 6.19. The molecule has 0 aromatic carbocycles. The Labute approximate surface area is 124 Å². The molecule has 2 heterocycles. The molecular formula is C11H19NO7S2. The zero-order valence-corrected chi connectivity index (χ0v) is 13.1. The van der Waals surface area contributed by atoms with Gasteiger partial charge in [-0.3, -0.25) is 4.79 Å². The molecule has 1 atom stereocenters. The Balaban J connectivity index is 2.24. The average Bonchev–Trinajstić information content (AvgIpc) is 2.76. The van der Waals surface area contributed by atoms with Crippen LogP contribution in [0.1, 0.15) is 19.3 Å². The summed E-state index contributed by atoms with van der Waals surface area (Å²) >= 11 is 0. The highest BCUT2D eigenvalue weighted by atomic mass is 32.2. The van der Waals surface area contributed by atoms with Gasteiger partial charge in [-0.05, 0) is 19.3 Å². The van der Waals surface area contributed by atoms with Crippen LogP contribution in [0.2, 0.25) is 0 Å². The lowest BCUT2D eigenvalue weighted by Crippen LogP contribution is -2.49. The van der Waals surface area contributed by atoms with E-state index in [1.165, 1.54) is 0 Å². The zero-order valence-electron chi connectivity index (χ0n) is 11.5. The smallest absolute Gasteiger partial charge is 0.318 e. The van der Waals surface area contributed by atoms with Gasteiger partial charge in [0.1, 0.15) is 6.54 Å². The number of carboxylic acid groups (broad SMARTS) is 1. The first-order chi connectivity index (χ1) is 9.72. The molecule has 0 aliphatic carbocycles. The van der Waals surface area contributed by atoms with Crippen LogP contribution in [0.25, 0.3) is 0 Å². The molecule has 2 saturated heterocycles. The number of nitrogens with zero attached hydrogens (tertiary/aromatic N) is 1. The Hall–Kier alpha value is -0.710. The summed E-state index contributed by atoms with van der Waals surface area (Å²) in [5.41, 5.74) is 0. The van der Waals surface area contributed by atoms with Crippen molar-refractivity contribution in [2.75, 3.05) is 31.3 Å². The molecule has 0 aromatic rings. The van der Waals surface area contributed by atoms with Crippen molar-refractivity contribution in [2.24, 2.45) is 0 Å². The van der Waals surface area contributed by atoms with Crippen LogP contribution in [0.15, 0.2) is 0 Å². The standard InChI is InChI=1S/C11H19NO7S2/c13-11(14)7-12(9-3-6-20(15,16)8-9)21(17,18)10-1-4-19-5-2-10/h9-10H,1-8H2,(H,13,14). The lowest BCUT2D eigenvalue weighted by Gasteiger charge is -2.31. The number of sulfone groups is 1. The monoisotopic (exact) mass is 341 g/mol. The van der Waals surface area contributed by atoms with Crippen molar-refractivity contribution < 1.29 is 31.5 Å². The maximum absolute atomic E-state index is 12.6. The molecular weight excluding hydrogens is 322 g/mol. The van der Waals surface area contributed by atoms with Crippen molar-refractivity contribution in [1.29, 1.82) is 0 Å². The van der Waals surface area contributed by atoms with Gasteiger partial charge in [0.05, 0.1) is 16.8 Å². The summed E-state index contributed by atoms with van der Waals surface area (Å²) in [6, 6.07) is -0.779. The minimum Gasteiger partial charge on any atom is -0.480 e. The third-order valence-corrected chi connectivity index (χ3v) is 7.97. The molecule has 10 heteroatoms. The number of carboxylic acids is 1. The second-order valence-corrected chi connectivity index (χ2v) is 9.75. The van der Waals surface area contributed by atoms with E-state index in [4.69, 9.17) is 9.84 Å². The molecule has 0 aromatic heterocycles. The van der Waals surface area contributed by atoms with Gasteiger partial charge >= 0.3 is 5.97 Å². The van der Waals surface area contributed by atoms with Crippen LogP contribution in [0.3, 0.4) is 0 Å². The van der Waals surface area contributed by atoms with Crippen LogP contribution in [-0.2, 0) is 29.4 Å². The number of carbonyl (C=O) groups is 1. The maximum Gasteiger partial charge on any atom is 0.318 e. The van der Waals surface area contributed by atoms with E-state index in [1.54, 1.807) is 0 Å². The van der Waals surface area contributed by atoms with Gasteiger partial charge in [0.25, 0.3) is 0 Å². The van der Waals surface area contributed by atoms with E-state index < -0.39 is 43.7 Å². The quantitative estimate of drug-likeness (QED) is 0.686. The summed E-state index contributed by atoms with van der Waals surface area (Å²) in [6.07, 6.45) is 0.758. The molecule has 122 valence electrons. The van der Waals surface area contributed by atoms with Gasteiger partial charge in [0.15, 0.2) is 9.84 Å². The van der Waals surface area contributed by atoms with E-state index in [0.717, 1.165) is 4.31 Å². The SMILES string of the molecule is O=C(O)CN(C1CCS(=O)(=O)C1)S(=O)(=O)C1CCOCC1. The van der Waals surface area contributed by atoms with Gasteiger partial charge in [-0.1, -0.05) is 0 Å². The summed E-state index contributed by atoms with van der Waals surface area (Å²) in [7, 11) is -7.14. The molecule has 8 nitrogen and oxygen atoms in total. The van der Waals surface area contributed by atoms with Gasteiger partial charge < -0.3 is 9.84 Å². The highest BCUT2D eigenvalue weighted by molar-refractivity contribution is 7.92. The summed E-state index contributed by atoms with van der Waals surface area (Å²) in [6.45, 7) is -0.0680. The van der Waals surface area contributed by atoms with Gasteiger partial charge in [0.2, 0.25) is 10.0 Å². The molecule has 0 spiro atoms. The number of hydrogen-bond donors (Lipinski definition) is 1. The van der Waals surface area contributed by atoms with E-state index in [-0.39, 0.29) is 17.9 Å². The molecule has 2 aliphatic heterocycles. The third kappa shape index (κ3) is 3.93. The van der Waals surface area contributed by atoms with Gasteiger partial charge in [-0.15, -0.1) is 0 Å². The van der Waals surface area contributed by atoms with Crippen molar-refractivity contribution in [2.45, 2.75) is 30.6 Å². The molecule has 2 aliphatic rings. The van der Waals surface area contributed by atoms with Crippen molar-refractivity contribution in [3.05, 3.63) is 0 Å². The minimum absolute atomic E-state index is 0.100. The third-order valence-electron chi connectivity index (χ3n) is 3.82.